The predicted molar refractivity (Wildman–Crippen MR) is 60.9 cm³/mol. The van der Waals surface area contributed by atoms with Gasteiger partial charge in [0.25, 0.3) is 0 Å². The van der Waals surface area contributed by atoms with Crippen LogP contribution in [-0.2, 0) is 0 Å². The Bertz CT molecular complexity index is 441. The molecule has 2 N–H and O–H groups in total. The molecule has 1 unspecified atom stereocenters. The van der Waals surface area contributed by atoms with E-state index in [-0.39, 0.29) is 25.7 Å². The van der Waals surface area contributed by atoms with E-state index in [2.05, 4.69) is 10.1 Å². The van der Waals surface area contributed by atoms with Crippen molar-refractivity contribution in [2.75, 3.05) is 19.8 Å². The molecule has 8 heteroatoms. The van der Waals surface area contributed by atoms with Gasteiger partial charge in [0, 0.05) is 6.04 Å². The molecule has 3 nitrogen and oxygen atoms in total. The van der Waals surface area contributed by atoms with Gasteiger partial charge in [-0.1, -0.05) is 6.92 Å². The molecule has 0 saturated heterocycles. The van der Waals surface area contributed by atoms with E-state index >= 15 is 0 Å². The molecule has 20 heavy (non-hydrogen) atoms. The maximum absolute atomic E-state index is 13.2. The van der Waals surface area contributed by atoms with Gasteiger partial charge in [-0.05, 0) is 13.0 Å². The molecule has 0 fully saturated rings. The zero-order chi connectivity index (χ0) is 15.3. The molecular formula is C12H14F5NO2. The van der Waals surface area contributed by atoms with Crippen LogP contribution in [0.5, 0.6) is 5.75 Å². The molecule has 0 aromatic heterocycles. The zero-order valence-corrected chi connectivity index (χ0v) is 10.7. The first-order valence-electron chi connectivity index (χ1n) is 5.92. The first-order valence-corrected chi connectivity index (χ1v) is 5.92. The lowest BCUT2D eigenvalue weighted by atomic mass is 10.2. The van der Waals surface area contributed by atoms with E-state index in [1.165, 1.54) is 0 Å². The Balaban J connectivity index is 2.78. The molecule has 1 aromatic carbocycles. The van der Waals surface area contributed by atoms with Gasteiger partial charge in [0.15, 0.2) is 5.75 Å². The standard InChI is InChI=1S/C12H14F5NO2/c1-2-18-6(5-19)3-4-20-12-10(16)8(14)7(13)9(15)11(12)17/h6,18-19H,2-5H2,1H3. The summed E-state index contributed by atoms with van der Waals surface area (Å²) in [5.74, 6) is -11.7. The first kappa shape index (κ1) is 16.6. The van der Waals surface area contributed by atoms with Crippen LogP contribution in [0.25, 0.3) is 0 Å². The maximum Gasteiger partial charge on any atom is 0.206 e. The highest BCUT2D eigenvalue weighted by molar-refractivity contribution is 5.29. The minimum absolute atomic E-state index is 0.143. The van der Waals surface area contributed by atoms with Crippen molar-refractivity contribution in [1.29, 1.82) is 0 Å². The molecule has 0 spiro atoms. The summed E-state index contributed by atoms with van der Waals surface area (Å²) in [4.78, 5) is 0. The highest BCUT2D eigenvalue weighted by Gasteiger charge is 2.27. The Morgan fingerprint density at radius 2 is 1.50 bits per heavy atom. The van der Waals surface area contributed by atoms with Gasteiger partial charge in [0.2, 0.25) is 29.1 Å². The minimum Gasteiger partial charge on any atom is -0.487 e. The van der Waals surface area contributed by atoms with Gasteiger partial charge in [-0.2, -0.15) is 8.78 Å². The zero-order valence-electron chi connectivity index (χ0n) is 10.7. The molecule has 0 bridgehead atoms. The minimum atomic E-state index is -2.23. The van der Waals surface area contributed by atoms with Crippen molar-refractivity contribution in [3.8, 4) is 5.75 Å². The second-order valence-corrected chi connectivity index (χ2v) is 3.97. The van der Waals surface area contributed by atoms with Crippen LogP contribution in [0.15, 0.2) is 0 Å². The number of aliphatic hydroxyl groups excluding tert-OH is 1. The van der Waals surface area contributed by atoms with Gasteiger partial charge in [-0.15, -0.1) is 0 Å². The number of nitrogens with one attached hydrogen (secondary N) is 1. The summed E-state index contributed by atoms with van der Waals surface area (Å²) in [5.41, 5.74) is 0. The molecule has 1 aromatic rings. The largest absolute Gasteiger partial charge is 0.487 e. The predicted octanol–water partition coefficient (Wildman–Crippen LogP) is 2.12. The summed E-state index contributed by atoms with van der Waals surface area (Å²) in [5, 5.41) is 11.8. The van der Waals surface area contributed by atoms with E-state index in [1.54, 1.807) is 6.92 Å². The van der Waals surface area contributed by atoms with Crippen molar-refractivity contribution in [3.63, 3.8) is 0 Å². The fourth-order valence-corrected chi connectivity index (χ4v) is 1.56. The van der Waals surface area contributed by atoms with Crippen LogP contribution < -0.4 is 10.1 Å². The third-order valence-electron chi connectivity index (χ3n) is 2.60. The molecule has 1 atom stereocenters. The van der Waals surface area contributed by atoms with Crippen LogP contribution in [0.3, 0.4) is 0 Å². The average molecular weight is 299 g/mol. The van der Waals surface area contributed by atoms with E-state index in [1.807, 2.05) is 0 Å². The van der Waals surface area contributed by atoms with Crippen LogP contribution in [0, 0.1) is 29.1 Å². The Kier molecular flexibility index (Phi) is 6.15. The number of rotatable bonds is 7. The molecule has 0 saturated carbocycles. The van der Waals surface area contributed by atoms with Gasteiger partial charge in [-0.3, -0.25) is 0 Å². The first-order chi connectivity index (χ1) is 9.43. The van der Waals surface area contributed by atoms with Crippen LogP contribution in [0.2, 0.25) is 0 Å². The fraction of sp³-hybridized carbons (Fsp3) is 0.500. The maximum atomic E-state index is 13.2. The van der Waals surface area contributed by atoms with Crippen molar-refractivity contribution in [1.82, 2.24) is 5.32 Å². The smallest absolute Gasteiger partial charge is 0.206 e. The number of hydrogen-bond donors (Lipinski definition) is 2. The molecule has 0 aliphatic heterocycles. The van der Waals surface area contributed by atoms with Crippen molar-refractivity contribution in [2.45, 2.75) is 19.4 Å². The fourth-order valence-electron chi connectivity index (χ4n) is 1.56. The molecule has 0 radical (unpaired) electrons. The molecular weight excluding hydrogens is 285 g/mol. The molecule has 0 heterocycles. The van der Waals surface area contributed by atoms with Crippen molar-refractivity contribution in [3.05, 3.63) is 29.1 Å². The van der Waals surface area contributed by atoms with Gasteiger partial charge < -0.3 is 15.2 Å². The second kappa shape index (κ2) is 7.39. The molecule has 1 rings (SSSR count). The van der Waals surface area contributed by atoms with Crippen molar-refractivity contribution < 1.29 is 31.8 Å². The monoisotopic (exact) mass is 299 g/mol. The summed E-state index contributed by atoms with van der Waals surface area (Å²) in [7, 11) is 0. The summed E-state index contributed by atoms with van der Waals surface area (Å²) in [6.45, 7) is 1.78. The summed E-state index contributed by atoms with van der Waals surface area (Å²) in [6, 6.07) is -0.388. The number of benzene rings is 1. The summed E-state index contributed by atoms with van der Waals surface area (Å²) < 4.78 is 69.6. The molecule has 0 amide bonds. The Morgan fingerprint density at radius 1 is 1.00 bits per heavy atom. The van der Waals surface area contributed by atoms with Gasteiger partial charge >= 0.3 is 0 Å². The normalized spacial score (nSPS) is 12.6. The lowest BCUT2D eigenvalue weighted by Gasteiger charge is -2.16. The van der Waals surface area contributed by atoms with Crippen molar-refractivity contribution in [2.24, 2.45) is 0 Å². The van der Waals surface area contributed by atoms with Gasteiger partial charge in [-0.25, -0.2) is 13.2 Å². The lowest BCUT2D eigenvalue weighted by molar-refractivity contribution is 0.200. The van der Waals surface area contributed by atoms with E-state index in [0.717, 1.165) is 0 Å². The van der Waals surface area contributed by atoms with E-state index in [0.29, 0.717) is 6.54 Å². The SMILES string of the molecule is CCNC(CO)CCOc1c(F)c(F)c(F)c(F)c1F. The number of likely N-dealkylation sites (N-methyl/N-ethyl adjacent to an activating group) is 1. The van der Waals surface area contributed by atoms with Crippen molar-refractivity contribution >= 4 is 0 Å². The van der Waals surface area contributed by atoms with E-state index < -0.39 is 34.8 Å². The highest BCUT2D eigenvalue weighted by atomic mass is 19.2. The number of aliphatic hydroxyl groups is 1. The highest BCUT2D eigenvalue weighted by Crippen LogP contribution is 2.29. The van der Waals surface area contributed by atoms with Crippen LogP contribution in [0.4, 0.5) is 22.0 Å². The van der Waals surface area contributed by atoms with Crippen LogP contribution in [-0.4, -0.2) is 30.9 Å². The summed E-state index contributed by atoms with van der Waals surface area (Å²) in [6.07, 6.45) is 0.143. The topological polar surface area (TPSA) is 41.5 Å². The Hall–Kier alpha value is -1.41. The third-order valence-corrected chi connectivity index (χ3v) is 2.60. The van der Waals surface area contributed by atoms with Crippen LogP contribution >= 0.6 is 0 Å². The number of ether oxygens (including phenoxy) is 1. The second-order valence-electron chi connectivity index (χ2n) is 3.97. The average Bonchev–Trinajstić information content (AvgIpc) is 2.45. The number of hydrogen-bond acceptors (Lipinski definition) is 3. The lowest BCUT2D eigenvalue weighted by Crippen LogP contribution is -2.33. The molecule has 0 aliphatic rings. The van der Waals surface area contributed by atoms with Gasteiger partial charge in [0.05, 0.1) is 13.2 Å². The Labute approximate surface area is 112 Å². The molecule has 0 aliphatic carbocycles. The molecule has 114 valence electrons. The van der Waals surface area contributed by atoms with Gasteiger partial charge in [0.1, 0.15) is 0 Å². The Morgan fingerprint density at radius 3 is 1.95 bits per heavy atom. The van der Waals surface area contributed by atoms with E-state index in [4.69, 9.17) is 5.11 Å². The summed E-state index contributed by atoms with van der Waals surface area (Å²) >= 11 is 0. The quantitative estimate of drug-likeness (QED) is 0.460. The third kappa shape index (κ3) is 3.57. The van der Waals surface area contributed by atoms with E-state index in [9.17, 15) is 22.0 Å². The number of halogens is 5. The van der Waals surface area contributed by atoms with Crippen LogP contribution in [0.1, 0.15) is 13.3 Å².